The fraction of sp³-hybridized carbons (Fsp3) is 1.00. The van der Waals surface area contributed by atoms with Gasteiger partial charge in [0, 0.05) is 0 Å². The first-order chi connectivity index (χ1) is 5.74. The first-order valence-corrected chi connectivity index (χ1v) is 5.42. The summed E-state index contributed by atoms with van der Waals surface area (Å²) in [4.78, 5) is 0. The van der Waals surface area contributed by atoms with Crippen molar-refractivity contribution in [1.29, 1.82) is 0 Å². The molecule has 0 amide bonds. The van der Waals surface area contributed by atoms with Gasteiger partial charge in [-0.1, -0.05) is 33.1 Å². The molecule has 0 unspecified atom stereocenters. The van der Waals surface area contributed by atoms with Gasteiger partial charge in [0.2, 0.25) is 0 Å². The highest BCUT2D eigenvalue weighted by atomic mass is 16.3. The monoisotopic (exact) mass is 170 g/mol. The van der Waals surface area contributed by atoms with Gasteiger partial charge in [-0.25, -0.2) is 0 Å². The molecule has 1 saturated carbocycles. The van der Waals surface area contributed by atoms with E-state index in [0.717, 1.165) is 18.8 Å². The van der Waals surface area contributed by atoms with E-state index in [4.69, 9.17) is 0 Å². The van der Waals surface area contributed by atoms with Crippen LogP contribution >= 0.6 is 0 Å². The van der Waals surface area contributed by atoms with E-state index < -0.39 is 0 Å². The number of rotatable bonds is 3. The summed E-state index contributed by atoms with van der Waals surface area (Å²) in [5.41, 5.74) is 0. The Kier molecular flexibility index (Phi) is 4.07. The average Bonchev–Trinajstić information content (AvgIpc) is 2.06. The second-order valence-corrected chi connectivity index (χ2v) is 4.38. The smallest absolute Gasteiger partial charge is 0.0568 e. The van der Waals surface area contributed by atoms with Crippen LogP contribution in [-0.2, 0) is 0 Å². The lowest BCUT2D eigenvalue weighted by Crippen LogP contribution is -2.24. The van der Waals surface area contributed by atoms with Crippen molar-refractivity contribution >= 4 is 0 Å². The average molecular weight is 170 g/mol. The lowest BCUT2D eigenvalue weighted by atomic mass is 9.79. The summed E-state index contributed by atoms with van der Waals surface area (Å²) < 4.78 is 0. The molecule has 0 spiro atoms. The van der Waals surface area contributed by atoms with Crippen molar-refractivity contribution in [3.8, 4) is 0 Å². The molecule has 1 aliphatic carbocycles. The van der Waals surface area contributed by atoms with Gasteiger partial charge in [-0.2, -0.15) is 0 Å². The van der Waals surface area contributed by atoms with Gasteiger partial charge in [-0.15, -0.1) is 0 Å². The molecule has 12 heavy (non-hydrogen) atoms. The minimum absolute atomic E-state index is 0.0116. The quantitative estimate of drug-likeness (QED) is 0.690. The fourth-order valence-corrected chi connectivity index (χ4v) is 2.20. The topological polar surface area (TPSA) is 20.2 Å². The van der Waals surface area contributed by atoms with E-state index in [1.54, 1.807) is 0 Å². The fourth-order valence-electron chi connectivity index (χ4n) is 2.20. The summed E-state index contributed by atoms with van der Waals surface area (Å²) in [5.74, 6) is 1.51. The molecular formula is C11H22O. The van der Waals surface area contributed by atoms with E-state index >= 15 is 0 Å². The highest BCUT2D eigenvalue weighted by Crippen LogP contribution is 2.31. The zero-order valence-corrected chi connectivity index (χ0v) is 8.42. The number of aliphatic hydroxyl groups excluding tert-OH is 1. The molecule has 1 rings (SSSR count). The van der Waals surface area contributed by atoms with Gasteiger partial charge in [0.25, 0.3) is 0 Å². The molecule has 0 aromatic rings. The van der Waals surface area contributed by atoms with Crippen LogP contribution in [0.4, 0.5) is 0 Å². The van der Waals surface area contributed by atoms with Gasteiger partial charge < -0.3 is 5.11 Å². The van der Waals surface area contributed by atoms with E-state index in [9.17, 15) is 5.11 Å². The molecule has 0 bridgehead atoms. The maximum absolute atomic E-state index is 9.76. The highest BCUT2D eigenvalue weighted by molar-refractivity contribution is 4.75. The van der Waals surface area contributed by atoms with E-state index in [2.05, 4.69) is 13.8 Å². The summed E-state index contributed by atoms with van der Waals surface area (Å²) in [6, 6.07) is 0. The zero-order valence-electron chi connectivity index (χ0n) is 8.42. The van der Waals surface area contributed by atoms with Crippen molar-refractivity contribution < 1.29 is 5.11 Å². The van der Waals surface area contributed by atoms with Crippen molar-refractivity contribution in [1.82, 2.24) is 0 Å². The third-order valence-electron chi connectivity index (χ3n) is 3.19. The second-order valence-electron chi connectivity index (χ2n) is 4.38. The standard InChI is InChI=1S/C11H22O/c1-3-4-11(12)10-7-5-9(2)6-8-10/h9-12H,3-8H2,1-2H3/t9?,10?,11-/m0/s1. The SMILES string of the molecule is CCC[C@H](O)C1CCC(C)CC1. The van der Waals surface area contributed by atoms with Crippen molar-refractivity contribution in [3.63, 3.8) is 0 Å². The summed E-state index contributed by atoms with van der Waals surface area (Å²) >= 11 is 0. The Hall–Kier alpha value is -0.0400. The maximum atomic E-state index is 9.76. The van der Waals surface area contributed by atoms with Gasteiger partial charge in [0.05, 0.1) is 6.10 Å². The van der Waals surface area contributed by atoms with Crippen LogP contribution in [0, 0.1) is 11.8 Å². The summed E-state index contributed by atoms with van der Waals surface area (Å²) in [7, 11) is 0. The predicted octanol–water partition coefficient (Wildman–Crippen LogP) is 2.97. The number of hydrogen-bond acceptors (Lipinski definition) is 1. The van der Waals surface area contributed by atoms with Crippen molar-refractivity contribution in [3.05, 3.63) is 0 Å². The maximum Gasteiger partial charge on any atom is 0.0568 e. The molecule has 72 valence electrons. The van der Waals surface area contributed by atoms with Crippen LogP contribution in [0.3, 0.4) is 0 Å². The highest BCUT2D eigenvalue weighted by Gasteiger charge is 2.23. The molecule has 1 fully saturated rings. The van der Waals surface area contributed by atoms with Crippen LogP contribution in [0.1, 0.15) is 52.4 Å². The van der Waals surface area contributed by atoms with Crippen molar-refractivity contribution in [2.75, 3.05) is 0 Å². The van der Waals surface area contributed by atoms with Crippen LogP contribution in [0.15, 0.2) is 0 Å². The molecule has 1 atom stereocenters. The van der Waals surface area contributed by atoms with Crippen LogP contribution in [0.2, 0.25) is 0 Å². The molecule has 1 heteroatoms. The van der Waals surface area contributed by atoms with Gasteiger partial charge in [-0.3, -0.25) is 0 Å². The van der Waals surface area contributed by atoms with Gasteiger partial charge in [0.15, 0.2) is 0 Å². The number of aliphatic hydroxyl groups is 1. The molecule has 1 aliphatic rings. The van der Waals surface area contributed by atoms with E-state index in [-0.39, 0.29) is 6.10 Å². The Balaban J connectivity index is 2.24. The minimum Gasteiger partial charge on any atom is -0.393 e. The van der Waals surface area contributed by atoms with Gasteiger partial charge >= 0.3 is 0 Å². The zero-order chi connectivity index (χ0) is 8.97. The lowest BCUT2D eigenvalue weighted by molar-refractivity contribution is 0.0682. The molecule has 0 radical (unpaired) electrons. The summed E-state index contributed by atoms with van der Waals surface area (Å²) in [6.45, 7) is 4.47. The molecule has 0 aliphatic heterocycles. The van der Waals surface area contributed by atoms with Crippen LogP contribution in [-0.4, -0.2) is 11.2 Å². The van der Waals surface area contributed by atoms with Crippen LogP contribution in [0.25, 0.3) is 0 Å². The molecule has 0 saturated heterocycles. The minimum atomic E-state index is -0.0116. The first kappa shape index (κ1) is 10.0. The Morgan fingerprint density at radius 2 is 1.83 bits per heavy atom. The van der Waals surface area contributed by atoms with E-state index in [0.29, 0.717) is 5.92 Å². The Bertz CT molecular complexity index is 114. The molecular weight excluding hydrogens is 148 g/mol. The summed E-state index contributed by atoms with van der Waals surface area (Å²) in [6.07, 6.45) is 7.26. The first-order valence-electron chi connectivity index (χ1n) is 5.42. The Morgan fingerprint density at radius 3 is 2.33 bits per heavy atom. The molecule has 0 heterocycles. The summed E-state index contributed by atoms with van der Waals surface area (Å²) in [5, 5.41) is 9.76. The van der Waals surface area contributed by atoms with Crippen molar-refractivity contribution in [2.24, 2.45) is 11.8 Å². The Labute approximate surface area is 76.2 Å². The second kappa shape index (κ2) is 4.86. The normalized spacial score (nSPS) is 33.2. The third kappa shape index (κ3) is 2.78. The van der Waals surface area contributed by atoms with E-state index in [1.807, 2.05) is 0 Å². The van der Waals surface area contributed by atoms with Crippen LogP contribution < -0.4 is 0 Å². The molecule has 1 nitrogen and oxygen atoms in total. The van der Waals surface area contributed by atoms with Gasteiger partial charge in [-0.05, 0) is 31.1 Å². The molecule has 0 aromatic carbocycles. The number of hydrogen-bond donors (Lipinski definition) is 1. The third-order valence-corrected chi connectivity index (χ3v) is 3.19. The Morgan fingerprint density at radius 1 is 1.25 bits per heavy atom. The molecule has 1 N–H and O–H groups in total. The molecule has 0 aromatic heterocycles. The predicted molar refractivity (Wildman–Crippen MR) is 52.0 cm³/mol. The largest absolute Gasteiger partial charge is 0.393 e. The van der Waals surface area contributed by atoms with E-state index in [1.165, 1.54) is 25.7 Å². The van der Waals surface area contributed by atoms with Gasteiger partial charge in [0.1, 0.15) is 0 Å². The van der Waals surface area contributed by atoms with Crippen LogP contribution in [0.5, 0.6) is 0 Å². The lowest BCUT2D eigenvalue weighted by Gasteiger charge is -2.29. The van der Waals surface area contributed by atoms with Crippen molar-refractivity contribution in [2.45, 2.75) is 58.5 Å².